The van der Waals surface area contributed by atoms with E-state index >= 15 is 0 Å². The monoisotopic (exact) mass is 253 g/mol. The predicted octanol–water partition coefficient (Wildman–Crippen LogP) is 2.32. The highest BCUT2D eigenvalue weighted by Gasteiger charge is 1.98. The molecule has 1 aromatic rings. The Morgan fingerprint density at radius 2 is 2.06 bits per heavy atom. The van der Waals surface area contributed by atoms with Crippen LogP contribution in [0.3, 0.4) is 0 Å². The molecule has 0 saturated heterocycles. The number of methoxy groups -OCH3 is 1. The molecular formula is C13H19NO2S. The molecule has 3 nitrogen and oxygen atoms in total. The smallest absolute Gasteiger partial charge is 0.305 e. The number of benzene rings is 1. The van der Waals surface area contributed by atoms with Crippen molar-refractivity contribution in [3.63, 3.8) is 0 Å². The maximum atomic E-state index is 10.8. The van der Waals surface area contributed by atoms with Crippen molar-refractivity contribution >= 4 is 17.7 Å². The van der Waals surface area contributed by atoms with Gasteiger partial charge in [0.05, 0.1) is 7.11 Å². The Morgan fingerprint density at radius 1 is 1.29 bits per heavy atom. The standard InChI is InChI=1S/C13H19NO2S/c1-16-13(15)8-5-9-14-10-11-17-12-6-3-2-4-7-12/h2-4,6-7,14H,5,8-11H2,1H3. The number of nitrogens with one attached hydrogen (secondary N) is 1. The van der Waals surface area contributed by atoms with Gasteiger partial charge in [-0.1, -0.05) is 18.2 Å². The van der Waals surface area contributed by atoms with E-state index in [0.717, 1.165) is 25.3 Å². The summed E-state index contributed by atoms with van der Waals surface area (Å²) in [7, 11) is 1.42. The lowest BCUT2D eigenvalue weighted by atomic mass is 10.3. The van der Waals surface area contributed by atoms with Crippen molar-refractivity contribution in [3.05, 3.63) is 30.3 Å². The summed E-state index contributed by atoms with van der Waals surface area (Å²) in [5.41, 5.74) is 0. The fourth-order valence-corrected chi connectivity index (χ4v) is 2.17. The lowest BCUT2D eigenvalue weighted by Crippen LogP contribution is -2.19. The number of carbonyl (C=O) groups excluding carboxylic acids is 1. The van der Waals surface area contributed by atoms with Crippen molar-refractivity contribution in [2.45, 2.75) is 17.7 Å². The van der Waals surface area contributed by atoms with E-state index in [0.29, 0.717) is 6.42 Å². The number of esters is 1. The van der Waals surface area contributed by atoms with Crippen LogP contribution in [0.4, 0.5) is 0 Å². The molecule has 0 fully saturated rings. The summed E-state index contributed by atoms with van der Waals surface area (Å²) >= 11 is 1.84. The van der Waals surface area contributed by atoms with Crippen LogP contribution in [-0.4, -0.2) is 31.9 Å². The average Bonchev–Trinajstić information content (AvgIpc) is 2.38. The van der Waals surface area contributed by atoms with Gasteiger partial charge in [-0.05, 0) is 25.1 Å². The zero-order valence-corrected chi connectivity index (χ0v) is 11.0. The van der Waals surface area contributed by atoms with Crippen LogP contribution >= 0.6 is 11.8 Å². The minimum Gasteiger partial charge on any atom is -0.469 e. The molecule has 0 heterocycles. The zero-order chi connectivity index (χ0) is 12.3. The fourth-order valence-electron chi connectivity index (χ4n) is 1.34. The Kier molecular flexibility index (Phi) is 7.51. The molecule has 0 radical (unpaired) electrons. The summed E-state index contributed by atoms with van der Waals surface area (Å²) < 4.78 is 4.56. The normalized spacial score (nSPS) is 10.2. The topological polar surface area (TPSA) is 38.3 Å². The van der Waals surface area contributed by atoms with Crippen molar-refractivity contribution in [2.24, 2.45) is 0 Å². The molecule has 4 heteroatoms. The van der Waals surface area contributed by atoms with Gasteiger partial charge < -0.3 is 10.1 Å². The molecule has 0 atom stereocenters. The van der Waals surface area contributed by atoms with Crippen LogP contribution in [0, 0.1) is 0 Å². The van der Waals surface area contributed by atoms with Gasteiger partial charge in [0.1, 0.15) is 0 Å². The molecule has 1 N–H and O–H groups in total. The molecule has 0 spiro atoms. The van der Waals surface area contributed by atoms with Gasteiger partial charge in [0.15, 0.2) is 0 Å². The molecule has 0 bridgehead atoms. The Labute approximate surface area is 107 Å². The Hall–Kier alpha value is -1.00. The van der Waals surface area contributed by atoms with Gasteiger partial charge in [0.25, 0.3) is 0 Å². The molecule has 0 unspecified atom stereocenters. The van der Waals surface area contributed by atoms with Crippen molar-refractivity contribution < 1.29 is 9.53 Å². The first-order valence-electron chi connectivity index (χ1n) is 5.78. The lowest BCUT2D eigenvalue weighted by molar-refractivity contribution is -0.140. The Bertz CT molecular complexity index is 316. The van der Waals surface area contributed by atoms with Crippen LogP contribution in [0.15, 0.2) is 35.2 Å². The van der Waals surface area contributed by atoms with Gasteiger partial charge in [-0.2, -0.15) is 0 Å². The molecule has 94 valence electrons. The van der Waals surface area contributed by atoms with E-state index in [4.69, 9.17) is 0 Å². The number of thioether (sulfide) groups is 1. The Balaban J connectivity index is 1.93. The van der Waals surface area contributed by atoms with Crippen LogP contribution in [0.2, 0.25) is 0 Å². The number of hydrogen-bond acceptors (Lipinski definition) is 4. The molecule has 0 aromatic heterocycles. The van der Waals surface area contributed by atoms with Gasteiger partial charge in [-0.15, -0.1) is 11.8 Å². The second-order valence-electron chi connectivity index (χ2n) is 3.59. The van der Waals surface area contributed by atoms with Gasteiger partial charge in [0.2, 0.25) is 0 Å². The van der Waals surface area contributed by atoms with Crippen molar-refractivity contribution in [1.29, 1.82) is 0 Å². The predicted molar refractivity (Wildman–Crippen MR) is 71.3 cm³/mol. The number of hydrogen-bond donors (Lipinski definition) is 1. The van der Waals surface area contributed by atoms with Crippen molar-refractivity contribution in [1.82, 2.24) is 5.32 Å². The van der Waals surface area contributed by atoms with Crippen LogP contribution < -0.4 is 5.32 Å². The summed E-state index contributed by atoms with van der Waals surface area (Å²) in [6.45, 7) is 1.82. The van der Waals surface area contributed by atoms with E-state index in [2.05, 4.69) is 22.2 Å². The van der Waals surface area contributed by atoms with E-state index in [9.17, 15) is 4.79 Å². The summed E-state index contributed by atoms with van der Waals surface area (Å²) in [6.07, 6.45) is 1.33. The minimum absolute atomic E-state index is 0.134. The highest BCUT2D eigenvalue weighted by molar-refractivity contribution is 7.99. The van der Waals surface area contributed by atoms with Crippen LogP contribution in [0.25, 0.3) is 0 Å². The summed E-state index contributed by atoms with van der Waals surface area (Å²) in [4.78, 5) is 12.1. The Morgan fingerprint density at radius 3 is 2.76 bits per heavy atom. The second-order valence-corrected chi connectivity index (χ2v) is 4.76. The van der Waals surface area contributed by atoms with Gasteiger partial charge >= 0.3 is 5.97 Å². The van der Waals surface area contributed by atoms with Gasteiger partial charge in [-0.25, -0.2) is 0 Å². The van der Waals surface area contributed by atoms with Crippen LogP contribution in [0.1, 0.15) is 12.8 Å². The first-order valence-corrected chi connectivity index (χ1v) is 6.77. The van der Waals surface area contributed by atoms with E-state index in [1.807, 2.05) is 30.0 Å². The summed E-state index contributed by atoms with van der Waals surface area (Å²) in [5.74, 6) is 0.910. The molecule has 0 aliphatic carbocycles. The first-order chi connectivity index (χ1) is 8.33. The molecule has 1 aromatic carbocycles. The third kappa shape index (κ3) is 7.02. The maximum Gasteiger partial charge on any atom is 0.305 e. The SMILES string of the molecule is COC(=O)CCCNCCSc1ccccc1. The van der Waals surface area contributed by atoms with E-state index in [-0.39, 0.29) is 5.97 Å². The highest BCUT2D eigenvalue weighted by Crippen LogP contribution is 2.15. The molecule has 0 aliphatic rings. The van der Waals surface area contributed by atoms with Gasteiger partial charge in [0, 0.05) is 23.6 Å². The first kappa shape index (κ1) is 14.1. The molecule has 1 rings (SSSR count). The maximum absolute atomic E-state index is 10.8. The lowest BCUT2D eigenvalue weighted by Gasteiger charge is -2.04. The van der Waals surface area contributed by atoms with E-state index in [1.54, 1.807) is 0 Å². The molecular weight excluding hydrogens is 234 g/mol. The summed E-state index contributed by atoms with van der Waals surface area (Å²) in [5, 5.41) is 3.31. The third-order valence-electron chi connectivity index (χ3n) is 2.25. The van der Waals surface area contributed by atoms with Crippen LogP contribution in [-0.2, 0) is 9.53 Å². The molecule has 17 heavy (non-hydrogen) atoms. The molecule has 0 amide bonds. The van der Waals surface area contributed by atoms with Crippen molar-refractivity contribution in [2.75, 3.05) is 26.0 Å². The fraction of sp³-hybridized carbons (Fsp3) is 0.462. The summed E-state index contributed by atoms with van der Waals surface area (Å²) in [6, 6.07) is 10.3. The van der Waals surface area contributed by atoms with E-state index in [1.165, 1.54) is 12.0 Å². The highest BCUT2D eigenvalue weighted by atomic mass is 32.2. The van der Waals surface area contributed by atoms with Crippen LogP contribution in [0.5, 0.6) is 0 Å². The van der Waals surface area contributed by atoms with Crippen molar-refractivity contribution in [3.8, 4) is 0 Å². The quantitative estimate of drug-likeness (QED) is 0.438. The van der Waals surface area contributed by atoms with Gasteiger partial charge in [-0.3, -0.25) is 4.79 Å². The second kappa shape index (κ2) is 9.07. The number of ether oxygens (including phenoxy) is 1. The van der Waals surface area contributed by atoms with E-state index < -0.39 is 0 Å². The minimum atomic E-state index is -0.134. The number of rotatable bonds is 8. The zero-order valence-electron chi connectivity index (χ0n) is 10.1. The average molecular weight is 253 g/mol. The number of carbonyl (C=O) groups is 1. The largest absolute Gasteiger partial charge is 0.469 e. The third-order valence-corrected chi connectivity index (χ3v) is 3.27. The molecule has 0 saturated carbocycles. The molecule has 0 aliphatic heterocycles.